The van der Waals surface area contributed by atoms with E-state index in [4.69, 9.17) is 9.84 Å². The predicted octanol–water partition coefficient (Wildman–Crippen LogP) is 1.53. The lowest BCUT2D eigenvalue weighted by Gasteiger charge is -2.04. The highest BCUT2D eigenvalue weighted by atomic mass is 16.6. The van der Waals surface area contributed by atoms with E-state index in [0.29, 0.717) is 12.8 Å². The molecule has 0 aromatic heterocycles. The van der Waals surface area contributed by atoms with Gasteiger partial charge in [0.2, 0.25) is 0 Å². The second kappa shape index (κ2) is 5.31. The van der Waals surface area contributed by atoms with Crippen LogP contribution >= 0.6 is 0 Å². The zero-order valence-electron chi connectivity index (χ0n) is 8.47. The smallest absolute Gasteiger partial charge is 0.311 e. The summed E-state index contributed by atoms with van der Waals surface area (Å²) in [4.78, 5) is 10.2. The molecule has 0 amide bonds. The number of rotatable bonds is 5. The highest BCUT2D eigenvalue weighted by molar-refractivity contribution is 5.48. The average molecular weight is 211 g/mol. The van der Waals surface area contributed by atoms with Crippen molar-refractivity contribution < 1.29 is 14.8 Å². The molecule has 0 unspecified atom stereocenters. The average Bonchev–Trinajstić information content (AvgIpc) is 2.25. The number of nitrogens with zero attached hydrogens (tertiary/aromatic N) is 1. The molecule has 0 bridgehead atoms. The Hall–Kier alpha value is -1.62. The summed E-state index contributed by atoms with van der Waals surface area (Å²) in [6.45, 7) is 0.0832. The Morgan fingerprint density at radius 3 is 2.80 bits per heavy atom. The largest absolute Gasteiger partial charge is 0.490 e. The van der Waals surface area contributed by atoms with Gasteiger partial charge in [-0.2, -0.15) is 0 Å². The molecule has 82 valence electrons. The molecular weight excluding hydrogens is 198 g/mol. The number of hydrogen-bond donors (Lipinski definition) is 1. The maximum atomic E-state index is 10.7. The molecule has 0 saturated heterocycles. The van der Waals surface area contributed by atoms with Crippen molar-refractivity contribution in [3.63, 3.8) is 0 Å². The fourth-order valence-corrected chi connectivity index (χ4v) is 1.32. The second-order valence-corrected chi connectivity index (χ2v) is 3.09. The standard InChI is InChI=1S/C10H13NO4/c1-15-10-5-4-8(3-2-6-12)7-9(10)11(13)14/h4-5,7,12H,2-3,6H2,1H3. The molecule has 1 aromatic rings. The van der Waals surface area contributed by atoms with Gasteiger partial charge in [0.15, 0.2) is 5.75 Å². The van der Waals surface area contributed by atoms with Gasteiger partial charge in [-0.15, -0.1) is 0 Å². The Labute approximate surface area is 87.5 Å². The molecule has 15 heavy (non-hydrogen) atoms. The molecule has 0 aliphatic carbocycles. The van der Waals surface area contributed by atoms with Gasteiger partial charge in [-0.05, 0) is 24.5 Å². The van der Waals surface area contributed by atoms with Gasteiger partial charge in [0.05, 0.1) is 12.0 Å². The molecule has 0 aliphatic heterocycles. The fraction of sp³-hybridized carbons (Fsp3) is 0.400. The van der Waals surface area contributed by atoms with Crippen LogP contribution in [0.1, 0.15) is 12.0 Å². The van der Waals surface area contributed by atoms with E-state index in [2.05, 4.69) is 0 Å². The first-order valence-electron chi connectivity index (χ1n) is 4.61. The van der Waals surface area contributed by atoms with Crippen LogP contribution in [-0.2, 0) is 6.42 Å². The van der Waals surface area contributed by atoms with Gasteiger partial charge in [0.25, 0.3) is 0 Å². The number of aliphatic hydroxyl groups excluding tert-OH is 1. The minimum atomic E-state index is -0.471. The van der Waals surface area contributed by atoms with Gasteiger partial charge in [-0.25, -0.2) is 0 Å². The molecule has 1 N–H and O–H groups in total. The van der Waals surface area contributed by atoms with Crippen molar-refractivity contribution in [2.45, 2.75) is 12.8 Å². The van der Waals surface area contributed by atoms with Crippen LogP contribution in [0.5, 0.6) is 5.75 Å². The van der Waals surface area contributed by atoms with Crippen molar-refractivity contribution in [3.05, 3.63) is 33.9 Å². The number of methoxy groups -OCH3 is 1. The topological polar surface area (TPSA) is 72.6 Å². The van der Waals surface area contributed by atoms with Crippen molar-refractivity contribution >= 4 is 5.69 Å². The summed E-state index contributed by atoms with van der Waals surface area (Å²) < 4.78 is 4.88. The Morgan fingerprint density at radius 1 is 1.53 bits per heavy atom. The number of nitro benzene ring substituents is 1. The first-order chi connectivity index (χ1) is 7.19. The van der Waals surface area contributed by atoms with Crippen LogP contribution in [0.2, 0.25) is 0 Å². The van der Waals surface area contributed by atoms with Gasteiger partial charge in [-0.3, -0.25) is 10.1 Å². The van der Waals surface area contributed by atoms with E-state index in [1.807, 2.05) is 0 Å². The van der Waals surface area contributed by atoms with E-state index in [-0.39, 0.29) is 18.0 Å². The van der Waals surface area contributed by atoms with Crippen molar-refractivity contribution in [2.24, 2.45) is 0 Å². The number of aliphatic hydroxyl groups is 1. The summed E-state index contributed by atoms with van der Waals surface area (Å²) in [6, 6.07) is 4.82. The maximum Gasteiger partial charge on any atom is 0.311 e. The van der Waals surface area contributed by atoms with Crippen LogP contribution in [-0.4, -0.2) is 23.7 Å². The van der Waals surface area contributed by atoms with Crippen molar-refractivity contribution in [2.75, 3.05) is 13.7 Å². The summed E-state index contributed by atoms with van der Waals surface area (Å²) >= 11 is 0. The molecule has 0 atom stereocenters. The molecule has 0 radical (unpaired) electrons. The maximum absolute atomic E-state index is 10.7. The van der Waals surface area contributed by atoms with E-state index in [0.717, 1.165) is 5.56 Å². The third-order valence-electron chi connectivity index (χ3n) is 2.06. The van der Waals surface area contributed by atoms with E-state index in [1.165, 1.54) is 13.2 Å². The third-order valence-corrected chi connectivity index (χ3v) is 2.06. The Bertz CT molecular complexity index is 351. The van der Waals surface area contributed by atoms with E-state index in [9.17, 15) is 10.1 Å². The van der Waals surface area contributed by atoms with Crippen LogP contribution in [0.15, 0.2) is 18.2 Å². The summed E-state index contributed by atoms with van der Waals surface area (Å²) in [5.41, 5.74) is 0.796. The van der Waals surface area contributed by atoms with Crippen LogP contribution in [0.4, 0.5) is 5.69 Å². The SMILES string of the molecule is COc1ccc(CCCO)cc1[N+](=O)[O-]. The minimum Gasteiger partial charge on any atom is -0.490 e. The Kier molecular flexibility index (Phi) is 4.05. The molecular formula is C10H13NO4. The van der Waals surface area contributed by atoms with Crippen LogP contribution in [0, 0.1) is 10.1 Å². The van der Waals surface area contributed by atoms with E-state index >= 15 is 0 Å². The number of benzene rings is 1. The summed E-state index contributed by atoms with van der Waals surface area (Å²) in [5.74, 6) is 0.257. The molecule has 1 rings (SSSR count). The van der Waals surface area contributed by atoms with Gasteiger partial charge in [0, 0.05) is 12.7 Å². The lowest BCUT2D eigenvalue weighted by molar-refractivity contribution is -0.385. The molecule has 5 heteroatoms. The lowest BCUT2D eigenvalue weighted by Crippen LogP contribution is -1.96. The first-order valence-corrected chi connectivity index (χ1v) is 4.61. The molecule has 0 heterocycles. The van der Waals surface area contributed by atoms with E-state index in [1.54, 1.807) is 12.1 Å². The molecule has 0 spiro atoms. The number of nitro groups is 1. The second-order valence-electron chi connectivity index (χ2n) is 3.09. The normalized spacial score (nSPS) is 10.0. The minimum absolute atomic E-state index is 0.0343. The highest BCUT2D eigenvalue weighted by Gasteiger charge is 2.14. The van der Waals surface area contributed by atoms with Crippen LogP contribution in [0.25, 0.3) is 0 Å². The van der Waals surface area contributed by atoms with Crippen molar-refractivity contribution in [1.82, 2.24) is 0 Å². The van der Waals surface area contributed by atoms with Crippen molar-refractivity contribution in [3.8, 4) is 5.75 Å². The Balaban J connectivity index is 2.94. The molecule has 1 aromatic carbocycles. The number of ether oxygens (including phenoxy) is 1. The van der Waals surface area contributed by atoms with E-state index < -0.39 is 4.92 Å². The monoisotopic (exact) mass is 211 g/mol. The lowest BCUT2D eigenvalue weighted by atomic mass is 10.1. The van der Waals surface area contributed by atoms with Gasteiger partial charge in [0.1, 0.15) is 0 Å². The fourth-order valence-electron chi connectivity index (χ4n) is 1.32. The third kappa shape index (κ3) is 2.92. The van der Waals surface area contributed by atoms with Gasteiger partial charge >= 0.3 is 5.69 Å². The molecule has 0 fully saturated rings. The molecule has 0 aliphatic rings. The van der Waals surface area contributed by atoms with Crippen LogP contribution in [0.3, 0.4) is 0 Å². The zero-order chi connectivity index (χ0) is 11.3. The predicted molar refractivity (Wildman–Crippen MR) is 55.1 cm³/mol. The van der Waals surface area contributed by atoms with Crippen LogP contribution < -0.4 is 4.74 Å². The van der Waals surface area contributed by atoms with Gasteiger partial charge in [-0.1, -0.05) is 6.07 Å². The highest BCUT2D eigenvalue weighted by Crippen LogP contribution is 2.27. The van der Waals surface area contributed by atoms with Crippen molar-refractivity contribution in [1.29, 1.82) is 0 Å². The molecule has 0 saturated carbocycles. The zero-order valence-corrected chi connectivity index (χ0v) is 8.47. The first kappa shape index (κ1) is 11.5. The quantitative estimate of drug-likeness (QED) is 0.592. The Morgan fingerprint density at radius 2 is 2.27 bits per heavy atom. The number of hydrogen-bond acceptors (Lipinski definition) is 4. The van der Waals surface area contributed by atoms with Gasteiger partial charge < -0.3 is 9.84 Å². The summed E-state index contributed by atoms with van der Waals surface area (Å²) in [7, 11) is 1.40. The number of aryl methyl sites for hydroxylation is 1. The molecule has 5 nitrogen and oxygen atoms in total. The summed E-state index contributed by atoms with van der Waals surface area (Å²) in [6.07, 6.45) is 1.23. The summed E-state index contributed by atoms with van der Waals surface area (Å²) in [5, 5.41) is 19.3.